The first-order valence-electron chi connectivity index (χ1n) is 6.71. The van der Waals surface area contributed by atoms with E-state index in [9.17, 15) is 15.0 Å². The summed E-state index contributed by atoms with van der Waals surface area (Å²) in [5, 5.41) is 28.4. The largest absolute Gasteiger partial charge is 0.504 e. The molecule has 7 nitrogen and oxygen atoms in total. The number of aromatic hydroxyl groups is 1. The van der Waals surface area contributed by atoms with Crippen molar-refractivity contribution < 1.29 is 29.7 Å². The van der Waals surface area contributed by atoms with Gasteiger partial charge in [-0.1, -0.05) is 12.1 Å². The number of phenols is 1. The van der Waals surface area contributed by atoms with Crippen molar-refractivity contribution in [3.63, 3.8) is 0 Å². The number of aliphatic hydroxyl groups is 1. The molecular weight excluding hydrogens is 290 g/mol. The van der Waals surface area contributed by atoms with Crippen LogP contribution in [0.4, 0.5) is 0 Å². The summed E-state index contributed by atoms with van der Waals surface area (Å²) in [4.78, 5) is 10.8. The van der Waals surface area contributed by atoms with Crippen LogP contribution in [-0.4, -0.2) is 41.7 Å². The van der Waals surface area contributed by atoms with Crippen molar-refractivity contribution in [2.24, 2.45) is 0 Å². The number of benzene rings is 1. The van der Waals surface area contributed by atoms with Gasteiger partial charge in [-0.15, -0.1) is 0 Å². The Labute approximate surface area is 128 Å². The minimum absolute atomic E-state index is 0.0617. The van der Waals surface area contributed by atoms with Gasteiger partial charge in [0.05, 0.1) is 13.2 Å². The van der Waals surface area contributed by atoms with Crippen LogP contribution in [0.3, 0.4) is 0 Å². The number of rotatable bonds is 8. The fraction of sp³-hybridized carbons (Fsp3) is 0.400. The van der Waals surface area contributed by atoms with Gasteiger partial charge in [0.1, 0.15) is 6.10 Å². The number of carbonyl (C=O) groups excluding carboxylic acids is 1. The molecule has 2 atom stereocenters. The molecule has 1 amide bonds. The van der Waals surface area contributed by atoms with Crippen LogP contribution >= 0.6 is 0 Å². The lowest BCUT2D eigenvalue weighted by atomic mass is 10.00. The number of aliphatic hydroxyl groups excluding tert-OH is 1. The number of hydrogen-bond acceptors (Lipinski definition) is 6. The molecule has 0 unspecified atom stereocenters. The van der Waals surface area contributed by atoms with Crippen LogP contribution in [0.15, 0.2) is 30.4 Å². The quantitative estimate of drug-likeness (QED) is 0.327. The second-order valence-corrected chi connectivity index (χ2v) is 4.61. The van der Waals surface area contributed by atoms with Crippen LogP contribution in [0.1, 0.15) is 24.5 Å². The van der Waals surface area contributed by atoms with Gasteiger partial charge >= 0.3 is 0 Å². The van der Waals surface area contributed by atoms with Crippen molar-refractivity contribution in [3.8, 4) is 11.5 Å². The molecule has 0 saturated carbocycles. The first-order chi connectivity index (χ1) is 10.5. The van der Waals surface area contributed by atoms with E-state index in [1.165, 1.54) is 31.8 Å². The molecule has 0 heterocycles. The van der Waals surface area contributed by atoms with E-state index in [0.29, 0.717) is 24.2 Å². The normalized spacial score (nSPS) is 13.8. The standard InChI is InChI=1S/C15H21NO6/c1-21-12-8-7-10(9-11(12)17)15(19)13(22-2)5-3-4-6-14(18)16-20/h4,6-9,13,15,17,19-20H,3,5H2,1-2H3,(H,16,18)/b6-4+/t13-,15-/m0/s1. The number of methoxy groups -OCH3 is 2. The van der Waals surface area contributed by atoms with Gasteiger partial charge in [-0.2, -0.15) is 0 Å². The Morgan fingerprint density at radius 3 is 2.68 bits per heavy atom. The average molecular weight is 311 g/mol. The summed E-state index contributed by atoms with van der Waals surface area (Å²) in [6.45, 7) is 0. The molecule has 0 aliphatic rings. The molecule has 7 heteroatoms. The molecule has 1 aromatic rings. The summed E-state index contributed by atoms with van der Waals surface area (Å²) < 4.78 is 10.2. The van der Waals surface area contributed by atoms with Gasteiger partial charge in [-0.3, -0.25) is 10.0 Å². The lowest BCUT2D eigenvalue weighted by molar-refractivity contribution is -0.124. The maximum atomic E-state index is 10.8. The molecule has 0 radical (unpaired) electrons. The minimum Gasteiger partial charge on any atom is -0.504 e. The molecule has 1 rings (SSSR count). The number of hydroxylamine groups is 1. The van der Waals surface area contributed by atoms with Gasteiger partial charge in [0, 0.05) is 13.2 Å². The maximum absolute atomic E-state index is 10.8. The van der Waals surface area contributed by atoms with Gasteiger partial charge in [0.2, 0.25) is 0 Å². The van der Waals surface area contributed by atoms with Crippen molar-refractivity contribution >= 4 is 5.91 Å². The second-order valence-electron chi connectivity index (χ2n) is 4.61. The molecule has 0 spiro atoms. The number of amides is 1. The predicted octanol–water partition coefficient (Wildman–Crippen LogP) is 1.29. The monoisotopic (exact) mass is 311 g/mol. The van der Waals surface area contributed by atoms with Crippen molar-refractivity contribution in [2.75, 3.05) is 14.2 Å². The third-order valence-electron chi connectivity index (χ3n) is 3.20. The number of phenolic OH excluding ortho intramolecular Hbond substituents is 1. The topological polar surface area (TPSA) is 108 Å². The lowest BCUT2D eigenvalue weighted by Crippen LogP contribution is -2.21. The molecular formula is C15H21NO6. The van der Waals surface area contributed by atoms with E-state index in [1.54, 1.807) is 18.2 Å². The SMILES string of the molecule is COc1ccc([C@H](O)[C@H](CC/C=C/C(=O)NO)OC)cc1O. The van der Waals surface area contributed by atoms with E-state index in [0.717, 1.165) is 0 Å². The van der Waals surface area contributed by atoms with Gasteiger partial charge in [-0.05, 0) is 30.5 Å². The Hall–Kier alpha value is -2.09. The molecule has 0 fully saturated rings. The van der Waals surface area contributed by atoms with Crippen molar-refractivity contribution in [2.45, 2.75) is 25.0 Å². The van der Waals surface area contributed by atoms with Crippen LogP contribution in [0, 0.1) is 0 Å². The van der Waals surface area contributed by atoms with E-state index in [-0.39, 0.29) is 5.75 Å². The number of nitrogens with one attached hydrogen (secondary N) is 1. The third-order valence-corrected chi connectivity index (χ3v) is 3.20. The molecule has 0 aliphatic heterocycles. The summed E-state index contributed by atoms with van der Waals surface area (Å²) in [7, 11) is 2.92. The zero-order chi connectivity index (χ0) is 16.5. The number of hydrogen-bond donors (Lipinski definition) is 4. The molecule has 0 aliphatic carbocycles. The van der Waals surface area contributed by atoms with Gasteiger partial charge in [0.15, 0.2) is 11.5 Å². The molecule has 4 N–H and O–H groups in total. The molecule has 0 bridgehead atoms. The number of carbonyl (C=O) groups is 1. The highest BCUT2D eigenvalue weighted by Crippen LogP contribution is 2.31. The van der Waals surface area contributed by atoms with Crippen molar-refractivity contribution in [1.82, 2.24) is 5.48 Å². The number of allylic oxidation sites excluding steroid dienone is 1. The average Bonchev–Trinajstić information content (AvgIpc) is 2.54. The van der Waals surface area contributed by atoms with Crippen LogP contribution in [0.5, 0.6) is 11.5 Å². The van der Waals surface area contributed by atoms with Crippen LogP contribution in [0.2, 0.25) is 0 Å². The third kappa shape index (κ3) is 5.03. The summed E-state index contributed by atoms with van der Waals surface area (Å²) in [5.41, 5.74) is 1.99. The highest BCUT2D eigenvalue weighted by Gasteiger charge is 2.21. The van der Waals surface area contributed by atoms with E-state index in [2.05, 4.69) is 0 Å². The van der Waals surface area contributed by atoms with Gasteiger partial charge in [-0.25, -0.2) is 5.48 Å². The molecule has 0 saturated heterocycles. The summed E-state index contributed by atoms with van der Waals surface area (Å²) in [6, 6.07) is 4.63. The van der Waals surface area contributed by atoms with Crippen LogP contribution in [0.25, 0.3) is 0 Å². The number of ether oxygens (including phenoxy) is 2. The highest BCUT2D eigenvalue weighted by atomic mass is 16.5. The first-order valence-corrected chi connectivity index (χ1v) is 6.71. The fourth-order valence-electron chi connectivity index (χ4n) is 2.00. The van der Waals surface area contributed by atoms with Gasteiger partial charge in [0.25, 0.3) is 5.91 Å². The summed E-state index contributed by atoms with van der Waals surface area (Å²) in [5.74, 6) is -0.356. The van der Waals surface area contributed by atoms with Crippen LogP contribution < -0.4 is 10.2 Å². The Balaban J connectivity index is 2.67. The van der Waals surface area contributed by atoms with E-state index >= 15 is 0 Å². The van der Waals surface area contributed by atoms with E-state index in [1.807, 2.05) is 0 Å². The lowest BCUT2D eigenvalue weighted by Gasteiger charge is -2.22. The highest BCUT2D eigenvalue weighted by molar-refractivity contribution is 5.86. The fourth-order valence-corrected chi connectivity index (χ4v) is 2.00. The molecule has 22 heavy (non-hydrogen) atoms. The van der Waals surface area contributed by atoms with Crippen LogP contribution in [-0.2, 0) is 9.53 Å². The summed E-state index contributed by atoms with van der Waals surface area (Å²) in [6.07, 6.45) is 2.26. The van der Waals surface area contributed by atoms with E-state index in [4.69, 9.17) is 14.7 Å². The second kappa shape index (κ2) is 9.04. The van der Waals surface area contributed by atoms with Gasteiger partial charge < -0.3 is 19.7 Å². The molecule has 122 valence electrons. The molecule has 1 aromatic carbocycles. The summed E-state index contributed by atoms with van der Waals surface area (Å²) >= 11 is 0. The first kappa shape index (κ1) is 18.0. The zero-order valence-corrected chi connectivity index (χ0v) is 12.5. The predicted molar refractivity (Wildman–Crippen MR) is 78.7 cm³/mol. The van der Waals surface area contributed by atoms with E-state index < -0.39 is 18.1 Å². The minimum atomic E-state index is -0.929. The Morgan fingerprint density at radius 2 is 2.14 bits per heavy atom. The zero-order valence-electron chi connectivity index (χ0n) is 12.5. The Morgan fingerprint density at radius 1 is 1.41 bits per heavy atom. The van der Waals surface area contributed by atoms with Crippen molar-refractivity contribution in [3.05, 3.63) is 35.9 Å². The maximum Gasteiger partial charge on any atom is 0.267 e. The Bertz CT molecular complexity index is 517. The molecule has 0 aromatic heterocycles. The Kier molecular flexibility index (Phi) is 7.38. The van der Waals surface area contributed by atoms with Crippen molar-refractivity contribution in [1.29, 1.82) is 0 Å². The smallest absolute Gasteiger partial charge is 0.267 e.